The molecule has 1 aliphatic rings. The molecule has 3 rings (SSSR count). The lowest BCUT2D eigenvalue weighted by molar-refractivity contribution is 0.293. The first-order chi connectivity index (χ1) is 10.1. The molecule has 0 unspecified atom stereocenters. The number of rotatable bonds is 2. The van der Waals surface area contributed by atoms with Crippen molar-refractivity contribution in [3.8, 4) is 0 Å². The molecule has 4 heteroatoms. The molecular formula is C17H16N3O-. The fraction of sp³-hybridized carbons (Fsp3) is 0.176. The minimum absolute atomic E-state index is 0.398. The first-order valence-electron chi connectivity index (χ1n) is 6.85. The zero-order valence-corrected chi connectivity index (χ0v) is 12.0. The van der Waals surface area contributed by atoms with Gasteiger partial charge in [0.2, 0.25) is 0 Å². The van der Waals surface area contributed by atoms with Gasteiger partial charge in [-0.1, -0.05) is 60.7 Å². The van der Waals surface area contributed by atoms with E-state index < -0.39 is 5.66 Å². The third kappa shape index (κ3) is 2.58. The number of hydrogen-bond donors (Lipinski definition) is 0. The van der Waals surface area contributed by atoms with Gasteiger partial charge in [-0.15, -0.1) is 0 Å². The fourth-order valence-corrected chi connectivity index (χ4v) is 2.22. The van der Waals surface area contributed by atoms with Crippen LogP contribution in [0.1, 0.15) is 25.0 Å². The predicted octanol–water partition coefficient (Wildman–Crippen LogP) is 3.43. The van der Waals surface area contributed by atoms with E-state index in [1.807, 2.05) is 60.7 Å². The molecule has 1 heterocycles. The standard InChI is InChI=1S/C17H16N3O/c1-17(2)19-15(13-9-5-3-6-10-13)18-16(20(17)21)14-11-7-4-8-12-14/h3-12H,1-2H3/q-1. The van der Waals surface area contributed by atoms with E-state index in [1.54, 1.807) is 13.8 Å². The summed E-state index contributed by atoms with van der Waals surface area (Å²) < 4.78 is 0. The Hall–Kier alpha value is -2.46. The number of hydrogen-bond acceptors (Lipinski definition) is 4. The van der Waals surface area contributed by atoms with E-state index in [1.165, 1.54) is 0 Å². The number of aliphatic imine (C=N–C) groups is 2. The lowest BCUT2D eigenvalue weighted by Crippen LogP contribution is -2.46. The van der Waals surface area contributed by atoms with Crippen LogP contribution in [0.15, 0.2) is 70.6 Å². The van der Waals surface area contributed by atoms with E-state index >= 15 is 0 Å². The van der Waals surface area contributed by atoms with Crippen molar-refractivity contribution in [2.45, 2.75) is 19.5 Å². The van der Waals surface area contributed by atoms with Crippen LogP contribution in [0.3, 0.4) is 0 Å². The van der Waals surface area contributed by atoms with Gasteiger partial charge in [-0.05, 0) is 13.8 Å². The molecule has 106 valence electrons. The normalized spacial score (nSPS) is 17.2. The van der Waals surface area contributed by atoms with E-state index in [4.69, 9.17) is 0 Å². The highest BCUT2D eigenvalue weighted by molar-refractivity contribution is 6.13. The van der Waals surface area contributed by atoms with Crippen LogP contribution in [0.4, 0.5) is 0 Å². The summed E-state index contributed by atoms with van der Waals surface area (Å²) in [5.41, 5.74) is 0.828. The maximum Gasteiger partial charge on any atom is 0.159 e. The largest absolute Gasteiger partial charge is 0.756 e. The van der Waals surface area contributed by atoms with Crippen molar-refractivity contribution < 1.29 is 0 Å². The zero-order valence-electron chi connectivity index (χ0n) is 12.0. The Kier molecular flexibility index (Phi) is 3.31. The van der Waals surface area contributed by atoms with Crippen molar-refractivity contribution in [2.75, 3.05) is 0 Å². The van der Waals surface area contributed by atoms with E-state index in [9.17, 15) is 5.21 Å². The highest BCUT2D eigenvalue weighted by Gasteiger charge is 2.27. The second-order valence-electron chi connectivity index (χ2n) is 5.39. The summed E-state index contributed by atoms with van der Waals surface area (Å²) in [6.45, 7) is 3.58. The van der Waals surface area contributed by atoms with E-state index in [0.717, 1.165) is 16.2 Å². The first-order valence-corrected chi connectivity index (χ1v) is 6.85. The van der Waals surface area contributed by atoms with Crippen LogP contribution in [0.2, 0.25) is 0 Å². The Morgan fingerprint density at radius 3 is 1.95 bits per heavy atom. The molecule has 0 aromatic heterocycles. The molecule has 0 amide bonds. The first kappa shape index (κ1) is 13.5. The average Bonchev–Trinajstić information content (AvgIpc) is 2.51. The molecule has 0 radical (unpaired) electrons. The van der Waals surface area contributed by atoms with E-state index in [0.29, 0.717) is 11.7 Å². The topological polar surface area (TPSA) is 51.0 Å². The lowest BCUT2D eigenvalue weighted by atomic mass is 10.1. The third-order valence-corrected chi connectivity index (χ3v) is 3.34. The van der Waals surface area contributed by atoms with Crippen LogP contribution in [0.5, 0.6) is 0 Å². The predicted molar refractivity (Wildman–Crippen MR) is 85.2 cm³/mol. The Bertz CT molecular complexity index is 690. The molecule has 21 heavy (non-hydrogen) atoms. The minimum Gasteiger partial charge on any atom is -0.756 e. The van der Waals surface area contributed by atoms with E-state index in [2.05, 4.69) is 9.98 Å². The van der Waals surface area contributed by atoms with Crippen LogP contribution in [-0.2, 0) is 0 Å². The minimum atomic E-state index is -0.877. The number of nitrogens with zero attached hydrogens (tertiary/aromatic N) is 3. The number of hydroxylamine groups is 2. The lowest BCUT2D eigenvalue weighted by Gasteiger charge is -2.45. The van der Waals surface area contributed by atoms with Crippen LogP contribution >= 0.6 is 0 Å². The van der Waals surface area contributed by atoms with Gasteiger partial charge >= 0.3 is 0 Å². The Balaban J connectivity index is 2.11. The monoisotopic (exact) mass is 278 g/mol. The summed E-state index contributed by atoms with van der Waals surface area (Å²) in [6, 6.07) is 19.2. The van der Waals surface area contributed by atoms with Gasteiger partial charge in [0.15, 0.2) is 5.84 Å². The summed E-state index contributed by atoms with van der Waals surface area (Å²) in [5.74, 6) is 0.987. The Labute approximate surface area is 124 Å². The van der Waals surface area contributed by atoms with Crippen LogP contribution in [-0.4, -0.2) is 22.4 Å². The molecule has 0 fully saturated rings. The highest BCUT2D eigenvalue weighted by Crippen LogP contribution is 2.25. The molecule has 0 spiro atoms. The van der Waals surface area contributed by atoms with Crippen molar-refractivity contribution in [2.24, 2.45) is 9.98 Å². The second-order valence-corrected chi connectivity index (χ2v) is 5.39. The zero-order chi connectivity index (χ0) is 14.9. The van der Waals surface area contributed by atoms with Gasteiger partial charge in [-0.25, -0.2) is 9.98 Å². The summed E-state index contributed by atoms with van der Waals surface area (Å²) in [5, 5.41) is 13.4. The van der Waals surface area contributed by atoms with Gasteiger partial charge in [0, 0.05) is 11.1 Å². The maximum absolute atomic E-state index is 12.5. The molecule has 0 saturated carbocycles. The summed E-state index contributed by atoms with van der Waals surface area (Å²) >= 11 is 0. The third-order valence-electron chi connectivity index (χ3n) is 3.34. The smallest absolute Gasteiger partial charge is 0.159 e. The van der Waals surface area contributed by atoms with Crippen LogP contribution in [0, 0.1) is 5.21 Å². The van der Waals surface area contributed by atoms with Crippen LogP contribution < -0.4 is 0 Å². The number of amidine groups is 2. The SMILES string of the molecule is CC1(C)N=C(c2ccccc2)N=C(c2ccccc2)N1[O-]. The van der Waals surface area contributed by atoms with Crippen molar-refractivity contribution >= 4 is 11.7 Å². The highest BCUT2D eigenvalue weighted by atomic mass is 16.5. The Morgan fingerprint density at radius 1 is 0.857 bits per heavy atom. The quantitative estimate of drug-likeness (QED) is 0.845. The van der Waals surface area contributed by atoms with Crippen LogP contribution in [0.25, 0.3) is 0 Å². The number of benzene rings is 2. The summed E-state index contributed by atoms with van der Waals surface area (Å²) in [4.78, 5) is 8.96. The molecule has 2 aromatic rings. The molecule has 0 N–H and O–H groups in total. The van der Waals surface area contributed by atoms with Crippen molar-refractivity contribution in [1.29, 1.82) is 0 Å². The Morgan fingerprint density at radius 2 is 1.38 bits per heavy atom. The van der Waals surface area contributed by atoms with Gasteiger partial charge in [0.1, 0.15) is 11.5 Å². The second kappa shape index (κ2) is 5.14. The summed E-state index contributed by atoms with van der Waals surface area (Å²) in [6.07, 6.45) is 0. The molecule has 2 aromatic carbocycles. The molecule has 1 aliphatic heterocycles. The average molecular weight is 278 g/mol. The van der Waals surface area contributed by atoms with Gasteiger partial charge in [0.05, 0.1) is 0 Å². The van der Waals surface area contributed by atoms with Gasteiger partial charge in [-0.2, -0.15) is 0 Å². The van der Waals surface area contributed by atoms with Gasteiger partial charge < -0.3 is 10.3 Å². The van der Waals surface area contributed by atoms with Crippen molar-refractivity contribution in [3.05, 3.63) is 77.0 Å². The molecule has 0 atom stereocenters. The van der Waals surface area contributed by atoms with Gasteiger partial charge in [0.25, 0.3) is 0 Å². The fourth-order valence-electron chi connectivity index (χ4n) is 2.22. The molecule has 0 saturated heterocycles. The summed E-state index contributed by atoms with van der Waals surface area (Å²) in [7, 11) is 0. The molecule has 4 nitrogen and oxygen atoms in total. The van der Waals surface area contributed by atoms with Crippen molar-refractivity contribution in [1.82, 2.24) is 5.06 Å². The van der Waals surface area contributed by atoms with E-state index in [-0.39, 0.29) is 0 Å². The van der Waals surface area contributed by atoms with Gasteiger partial charge in [-0.3, -0.25) is 0 Å². The maximum atomic E-state index is 12.5. The van der Waals surface area contributed by atoms with Crippen molar-refractivity contribution in [3.63, 3.8) is 0 Å². The molecule has 0 aliphatic carbocycles. The molecule has 0 bridgehead atoms. The molecular weight excluding hydrogens is 262 g/mol.